The number of benzene rings is 1. The van der Waals surface area contributed by atoms with E-state index in [9.17, 15) is 0 Å². The molecule has 0 aliphatic heterocycles. The molecule has 0 saturated carbocycles. The van der Waals surface area contributed by atoms with Gasteiger partial charge in [-0.1, -0.05) is 35.5 Å². The van der Waals surface area contributed by atoms with Crippen LogP contribution in [-0.4, -0.2) is 43.1 Å². The highest BCUT2D eigenvalue weighted by atomic mass is 35.5. The third-order valence-electron chi connectivity index (χ3n) is 4.04. The van der Waals surface area contributed by atoms with Crippen molar-refractivity contribution < 1.29 is 4.74 Å². The maximum atomic E-state index is 5.98. The number of methoxy groups -OCH3 is 1. The fourth-order valence-electron chi connectivity index (χ4n) is 2.74. The van der Waals surface area contributed by atoms with E-state index >= 15 is 0 Å². The van der Waals surface area contributed by atoms with Gasteiger partial charge in [-0.3, -0.25) is 0 Å². The lowest BCUT2D eigenvalue weighted by Crippen LogP contribution is -2.10. The lowest BCUT2D eigenvalue weighted by atomic mass is 10.1. The lowest BCUT2D eigenvalue weighted by Gasteiger charge is -2.13. The quantitative estimate of drug-likeness (QED) is 0.374. The number of fused-ring (bicyclic) bond motifs is 1. The highest BCUT2D eigenvalue weighted by Crippen LogP contribution is 2.26. The van der Waals surface area contributed by atoms with Gasteiger partial charge >= 0.3 is 0 Å². The highest BCUT2D eigenvalue weighted by Gasteiger charge is 2.21. The largest absolute Gasteiger partial charge is 0.369 e. The van der Waals surface area contributed by atoms with Crippen LogP contribution in [-0.2, 0) is 4.74 Å². The molecule has 136 valence electrons. The predicted molar refractivity (Wildman–Crippen MR) is 104 cm³/mol. The molecular formula is C18H15ClN6OS. The molecule has 3 aromatic heterocycles. The van der Waals surface area contributed by atoms with Gasteiger partial charge in [0.05, 0.1) is 11.9 Å². The Hall–Kier alpha value is -2.55. The van der Waals surface area contributed by atoms with E-state index in [2.05, 4.69) is 25.3 Å². The van der Waals surface area contributed by atoms with Crippen LogP contribution in [0.4, 0.5) is 0 Å². The van der Waals surface area contributed by atoms with Crippen molar-refractivity contribution in [3.63, 3.8) is 0 Å². The van der Waals surface area contributed by atoms with E-state index in [4.69, 9.17) is 16.3 Å². The van der Waals surface area contributed by atoms with Crippen LogP contribution in [0.2, 0.25) is 5.02 Å². The zero-order valence-corrected chi connectivity index (χ0v) is 16.1. The smallest absolute Gasteiger partial charge is 0.188 e. The molecule has 9 heteroatoms. The average Bonchev–Trinajstić information content (AvgIpc) is 3.13. The van der Waals surface area contributed by atoms with Crippen LogP contribution in [0.3, 0.4) is 0 Å². The maximum Gasteiger partial charge on any atom is 0.188 e. The van der Waals surface area contributed by atoms with Gasteiger partial charge in [0.1, 0.15) is 6.10 Å². The molecular weight excluding hydrogens is 384 g/mol. The number of rotatable bonds is 5. The summed E-state index contributed by atoms with van der Waals surface area (Å²) in [6.07, 6.45) is 5.00. The van der Waals surface area contributed by atoms with Gasteiger partial charge in [0.25, 0.3) is 0 Å². The van der Waals surface area contributed by atoms with Gasteiger partial charge in [-0.05, 0) is 36.1 Å². The summed E-state index contributed by atoms with van der Waals surface area (Å²) in [4.78, 5) is 8.70. The Balaban J connectivity index is 1.74. The van der Waals surface area contributed by atoms with Crippen molar-refractivity contribution in [1.29, 1.82) is 0 Å². The summed E-state index contributed by atoms with van der Waals surface area (Å²) in [7, 11) is 1.62. The third-order valence-corrected chi connectivity index (χ3v) is 4.85. The molecule has 0 saturated heterocycles. The van der Waals surface area contributed by atoms with Crippen LogP contribution < -0.4 is 0 Å². The normalized spacial score (nSPS) is 12.4. The molecule has 1 unspecified atom stereocenters. The topological polar surface area (TPSA) is 78.1 Å². The Kier molecular flexibility index (Phi) is 5.02. The Morgan fingerprint density at radius 2 is 1.96 bits per heavy atom. The summed E-state index contributed by atoms with van der Waals surface area (Å²) < 4.78 is 7.31. The molecule has 0 aliphatic rings. The van der Waals surface area contributed by atoms with E-state index in [-0.39, 0.29) is 0 Å². The second-order valence-corrected chi connectivity index (χ2v) is 6.88. The summed E-state index contributed by atoms with van der Waals surface area (Å²) in [5.74, 6) is 0.592. The number of hydrogen-bond acceptors (Lipinski definition) is 7. The van der Waals surface area contributed by atoms with Gasteiger partial charge in [-0.15, -0.1) is 10.2 Å². The van der Waals surface area contributed by atoms with Crippen molar-refractivity contribution in [3.8, 4) is 11.3 Å². The first kappa shape index (κ1) is 17.8. The van der Waals surface area contributed by atoms with E-state index in [0.29, 0.717) is 21.7 Å². The fourth-order valence-corrected chi connectivity index (χ4v) is 3.22. The summed E-state index contributed by atoms with van der Waals surface area (Å²) in [5, 5.41) is 14.4. The molecule has 0 bridgehead atoms. The van der Waals surface area contributed by atoms with Crippen molar-refractivity contribution in [1.82, 2.24) is 29.8 Å². The Bertz CT molecular complexity index is 1080. The first-order chi connectivity index (χ1) is 13.2. The van der Waals surface area contributed by atoms with Crippen LogP contribution in [0, 0.1) is 0 Å². The van der Waals surface area contributed by atoms with Gasteiger partial charge in [-0.25, -0.2) is 9.97 Å². The molecule has 1 aromatic carbocycles. The first-order valence-corrected chi connectivity index (χ1v) is 9.67. The van der Waals surface area contributed by atoms with E-state index in [1.165, 1.54) is 11.8 Å². The SMILES string of the molecule is COC(c1ccc(Cl)cc1)c1nnc2cc(-c3ccnc(SC)n3)cnn12. The van der Waals surface area contributed by atoms with Crippen molar-refractivity contribution in [2.24, 2.45) is 0 Å². The molecule has 7 nitrogen and oxygen atoms in total. The molecule has 0 fully saturated rings. The van der Waals surface area contributed by atoms with Gasteiger partial charge in [-0.2, -0.15) is 9.61 Å². The molecule has 3 heterocycles. The minimum atomic E-state index is -0.405. The highest BCUT2D eigenvalue weighted by molar-refractivity contribution is 7.98. The monoisotopic (exact) mass is 398 g/mol. The summed E-state index contributed by atoms with van der Waals surface area (Å²) >= 11 is 7.47. The second-order valence-electron chi connectivity index (χ2n) is 5.67. The van der Waals surface area contributed by atoms with E-state index in [0.717, 1.165) is 16.8 Å². The second kappa shape index (κ2) is 7.59. The molecule has 0 radical (unpaired) electrons. The van der Waals surface area contributed by atoms with Crippen LogP contribution >= 0.6 is 23.4 Å². The van der Waals surface area contributed by atoms with E-state index < -0.39 is 6.10 Å². The van der Waals surface area contributed by atoms with Crippen LogP contribution in [0.25, 0.3) is 16.9 Å². The molecule has 0 spiro atoms. The van der Waals surface area contributed by atoms with Crippen molar-refractivity contribution in [2.75, 3.05) is 13.4 Å². The molecule has 0 aliphatic carbocycles. The molecule has 4 rings (SSSR count). The molecule has 1 atom stereocenters. The van der Waals surface area contributed by atoms with Crippen molar-refractivity contribution in [2.45, 2.75) is 11.3 Å². The molecule has 27 heavy (non-hydrogen) atoms. The van der Waals surface area contributed by atoms with Crippen LogP contribution in [0.5, 0.6) is 0 Å². The minimum absolute atomic E-state index is 0.405. The van der Waals surface area contributed by atoms with E-state index in [1.807, 2.05) is 42.7 Å². The zero-order chi connectivity index (χ0) is 18.8. The van der Waals surface area contributed by atoms with Crippen LogP contribution in [0.15, 0.2) is 53.9 Å². The molecule has 0 amide bonds. The zero-order valence-electron chi connectivity index (χ0n) is 14.6. The Labute approximate surface area is 164 Å². The predicted octanol–water partition coefficient (Wildman–Crippen LogP) is 3.69. The van der Waals surface area contributed by atoms with Crippen molar-refractivity contribution in [3.05, 3.63) is 65.2 Å². The van der Waals surface area contributed by atoms with Gasteiger partial charge in [0.2, 0.25) is 0 Å². The number of nitrogens with zero attached hydrogens (tertiary/aromatic N) is 6. The summed E-state index contributed by atoms with van der Waals surface area (Å²) in [5.41, 5.74) is 3.17. The van der Waals surface area contributed by atoms with Gasteiger partial charge in [0.15, 0.2) is 16.6 Å². The standard InChI is InChI=1S/C18H15ClN6OS/c1-26-16(11-3-5-13(19)6-4-11)17-24-23-15-9-12(10-21-25(15)17)14-7-8-20-18(22-14)27-2/h3-10,16H,1-2H3. The number of thioether (sulfide) groups is 1. The van der Waals surface area contributed by atoms with Crippen molar-refractivity contribution >= 4 is 29.0 Å². The molecule has 4 aromatic rings. The third kappa shape index (κ3) is 3.51. The fraction of sp³-hybridized carbons (Fsp3) is 0.167. The molecule has 0 N–H and O–H groups in total. The van der Waals surface area contributed by atoms with Crippen LogP contribution in [0.1, 0.15) is 17.5 Å². The maximum absolute atomic E-state index is 5.98. The number of hydrogen-bond donors (Lipinski definition) is 0. The summed E-state index contributed by atoms with van der Waals surface area (Å²) in [6.45, 7) is 0. The Morgan fingerprint density at radius 1 is 1.15 bits per heavy atom. The minimum Gasteiger partial charge on any atom is -0.369 e. The first-order valence-electron chi connectivity index (χ1n) is 8.06. The lowest BCUT2D eigenvalue weighted by molar-refractivity contribution is 0.127. The Morgan fingerprint density at radius 3 is 2.70 bits per heavy atom. The van der Waals surface area contributed by atoms with Gasteiger partial charge < -0.3 is 4.74 Å². The number of halogens is 1. The number of ether oxygens (including phenoxy) is 1. The number of aromatic nitrogens is 6. The van der Waals surface area contributed by atoms with Gasteiger partial charge in [0, 0.05) is 23.9 Å². The average molecular weight is 399 g/mol. The summed E-state index contributed by atoms with van der Waals surface area (Å²) in [6, 6.07) is 11.2. The van der Waals surface area contributed by atoms with E-state index in [1.54, 1.807) is 24.0 Å².